The summed E-state index contributed by atoms with van der Waals surface area (Å²) in [5.41, 5.74) is 4.47. The van der Waals surface area contributed by atoms with Crippen LogP contribution >= 0.6 is 0 Å². The van der Waals surface area contributed by atoms with Crippen molar-refractivity contribution in [2.24, 2.45) is 0 Å². The fourth-order valence-electron chi connectivity index (χ4n) is 4.57. The molecule has 0 amide bonds. The van der Waals surface area contributed by atoms with Gasteiger partial charge in [0.05, 0.1) is 6.33 Å². The average molecular weight is 472 g/mol. The second kappa shape index (κ2) is 10.1. The SMILES string of the molecule is Cc1ccc(Oc2nc(NCc3ccc(C4CCCCC4)cc3)nc3c2ncn3CC(=O)O)cc1. The maximum atomic E-state index is 11.3. The second-order valence-electron chi connectivity index (χ2n) is 9.14. The monoisotopic (exact) mass is 471 g/mol. The number of rotatable bonds is 8. The Morgan fingerprint density at radius 2 is 1.80 bits per heavy atom. The van der Waals surface area contributed by atoms with Gasteiger partial charge in [-0.05, 0) is 48.9 Å². The highest BCUT2D eigenvalue weighted by atomic mass is 16.5. The van der Waals surface area contributed by atoms with Crippen LogP contribution in [0.25, 0.3) is 11.2 Å². The van der Waals surface area contributed by atoms with Crippen LogP contribution in [0.4, 0.5) is 5.95 Å². The molecular formula is C27H29N5O3. The normalized spacial score (nSPS) is 14.2. The highest BCUT2D eigenvalue weighted by Gasteiger charge is 2.18. The number of hydrogen-bond donors (Lipinski definition) is 2. The van der Waals surface area contributed by atoms with E-state index in [0.717, 1.165) is 11.1 Å². The Hall–Kier alpha value is -3.94. The Labute approximate surface area is 204 Å². The molecule has 8 heteroatoms. The number of nitrogens with one attached hydrogen (secondary N) is 1. The molecule has 0 radical (unpaired) electrons. The van der Waals surface area contributed by atoms with Crippen molar-refractivity contribution in [3.05, 3.63) is 71.5 Å². The second-order valence-corrected chi connectivity index (χ2v) is 9.14. The first kappa shape index (κ1) is 22.8. The molecule has 0 saturated heterocycles. The quantitative estimate of drug-likeness (QED) is 0.341. The number of carboxylic acid groups (broad SMARTS) is 1. The van der Waals surface area contributed by atoms with Gasteiger partial charge in [-0.2, -0.15) is 9.97 Å². The van der Waals surface area contributed by atoms with Gasteiger partial charge in [0.1, 0.15) is 12.3 Å². The van der Waals surface area contributed by atoms with E-state index < -0.39 is 5.97 Å². The van der Waals surface area contributed by atoms with Gasteiger partial charge in [-0.15, -0.1) is 0 Å². The van der Waals surface area contributed by atoms with Crippen LogP contribution in [0.3, 0.4) is 0 Å². The summed E-state index contributed by atoms with van der Waals surface area (Å²) < 4.78 is 7.50. The van der Waals surface area contributed by atoms with E-state index in [2.05, 4.69) is 44.5 Å². The first-order chi connectivity index (χ1) is 17.0. The molecule has 35 heavy (non-hydrogen) atoms. The lowest BCUT2D eigenvalue weighted by atomic mass is 9.84. The summed E-state index contributed by atoms with van der Waals surface area (Å²) >= 11 is 0. The number of aromatic nitrogens is 4. The molecule has 1 aliphatic rings. The molecule has 180 valence electrons. The Morgan fingerprint density at radius 3 is 2.51 bits per heavy atom. The summed E-state index contributed by atoms with van der Waals surface area (Å²) in [7, 11) is 0. The molecule has 0 spiro atoms. The van der Waals surface area contributed by atoms with Gasteiger partial charge in [0.25, 0.3) is 5.88 Å². The number of carbonyl (C=O) groups is 1. The van der Waals surface area contributed by atoms with Gasteiger partial charge < -0.3 is 19.7 Å². The molecular weight excluding hydrogens is 442 g/mol. The van der Waals surface area contributed by atoms with Crippen molar-refractivity contribution in [1.29, 1.82) is 0 Å². The molecule has 2 heterocycles. The summed E-state index contributed by atoms with van der Waals surface area (Å²) in [5.74, 6) is 0.942. The minimum absolute atomic E-state index is 0.250. The highest BCUT2D eigenvalue weighted by molar-refractivity contribution is 5.79. The van der Waals surface area contributed by atoms with Gasteiger partial charge in [-0.25, -0.2) is 4.98 Å². The maximum absolute atomic E-state index is 11.3. The van der Waals surface area contributed by atoms with Gasteiger partial charge in [0.2, 0.25) is 5.95 Å². The summed E-state index contributed by atoms with van der Waals surface area (Å²) in [6.07, 6.45) is 7.99. The van der Waals surface area contributed by atoms with Gasteiger partial charge >= 0.3 is 5.97 Å². The number of ether oxygens (including phenoxy) is 1. The lowest BCUT2D eigenvalue weighted by molar-refractivity contribution is -0.137. The van der Waals surface area contributed by atoms with Crippen molar-refractivity contribution in [2.75, 3.05) is 5.32 Å². The summed E-state index contributed by atoms with van der Waals surface area (Å²) in [6, 6.07) is 16.4. The van der Waals surface area contributed by atoms with Gasteiger partial charge in [-0.1, -0.05) is 61.2 Å². The average Bonchev–Trinajstić information content (AvgIpc) is 3.27. The van der Waals surface area contributed by atoms with Crippen LogP contribution in [0.1, 0.15) is 54.7 Å². The third-order valence-electron chi connectivity index (χ3n) is 6.48. The molecule has 1 fully saturated rings. The van der Waals surface area contributed by atoms with Crippen molar-refractivity contribution in [3.63, 3.8) is 0 Å². The first-order valence-electron chi connectivity index (χ1n) is 12.1. The Morgan fingerprint density at radius 1 is 1.06 bits per heavy atom. The van der Waals surface area contributed by atoms with Gasteiger partial charge in [0, 0.05) is 6.54 Å². The van der Waals surface area contributed by atoms with E-state index in [9.17, 15) is 9.90 Å². The number of aliphatic carboxylic acids is 1. The minimum Gasteiger partial charge on any atom is -0.480 e. The Balaban J connectivity index is 1.38. The number of anilines is 1. The fraction of sp³-hybridized carbons (Fsp3) is 0.333. The fourth-order valence-corrected chi connectivity index (χ4v) is 4.57. The lowest BCUT2D eigenvalue weighted by Gasteiger charge is -2.22. The van der Waals surface area contributed by atoms with Crippen LogP contribution in [0.5, 0.6) is 11.6 Å². The number of fused-ring (bicyclic) bond motifs is 1. The number of aryl methyl sites for hydroxylation is 1. The van der Waals surface area contributed by atoms with Crippen LogP contribution in [0.15, 0.2) is 54.9 Å². The van der Waals surface area contributed by atoms with E-state index in [1.165, 1.54) is 48.6 Å². The number of benzene rings is 2. The van der Waals surface area contributed by atoms with Crippen LogP contribution in [-0.2, 0) is 17.9 Å². The molecule has 0 aliphatic heterocycles. The van der Waals surface area contributed by atoms with E-state index in [-0.39, 0.29) is 12.4 Å². The Bertz CT molecular complexity index is 1310. The topological polar surface area (TPSA) is 102 Å². The van der Waals surface area contributed by atoms with Crippen LogP contribution in [0.2, 0.25) is 0 Å². The molecule has 2 N–H and O–H groups in total. The van der Waals surface area contributed by atoms with Gasteiger partial charge in [-0.3, -0.25) is 4.79 Å². The molecule has 0 bridgehead atoms. The maximum Gasteiger partial charge on any atom is 0.323 e. The predicted molar refractivity (Wildman–Crippen MR) is 134 cm³/mol. The zero-order valence-electron chi connectivity index (χ0n) is 19.8. The molecule has 0 atom stereocenters. The largest absolute Gasteiger partial charge is 0.480 e. The molecule has 5 rings (SSSR count). The number of imidazole rings is 1. The van der Waals surface area contributed by atoms with Crippen LogP contribution in [0, 0.1) is 6.92 Å². The standard InChI is InChI=1S/C27H29N5O3/c1-18-7-13-22(14-8-18)35-26-24-25(32(17-29-24)16-23(33)34)30-27(31-26)28-15-19-9-11-21(12-10-19)20-5-3-2-4-6-20/h7-14,17,20H,2-6,15-16H2,1H3,(H,33,34)(H,28,30,31). The molecule has 4 aromatic rings. The van der Waals surface area contributed by atoms with Crippen molar-refractivity contribution in [3.8, 4) is 11.6 Å². The highest BCUT2D eigenvalue weighted by Crippen LogP contribution is 2.33. The van der Waals surface area contributed by atoms with Crippen molar-refractivity contribution in [1.82, 2.24) is 19.5 Å². The zero-order valence-corrected chi connectivity index (χ0v) is 19.8. The molecule has 2 aromatic carbocycles. The van der Waals surface area contributed by atoms with E-state index in [1.54, 1.807) is 0 Å². The van der Waals surface area contributed by atoms with E-state index in [1.807, 2.05) is 31.2 Å². The first-order valence-corrected chi connectivity index (χ1v) is 12.1. The predicted octanol–water partition coefficient (Wildman–Crippen LogP) is 5.67. The lowest BCUT2D eigenvalue weighted by Crippen LogP contribution is -2.10. The van der Waals surface area contributed by atoms with Crippen molar-refractivity contribution in [2.45, 2.75) is 58.0 Å². The summed E-state index contributed by atoms with van der Waals surface area (Å²) in [4.78, 5) is 24.7. The third-order valence-corrected chi connectivity index (χ3v) is 6.48. The number of nitrogens with zero attached hydrogens (tertiary/aromatic N) is 4. The smallest absolute Gasteiger partial charge is 0.323 e. The molecule has 0 unspecified atom stereocenters. The van der Waals surface area contributed by atoms with Gasteiger partial charge in [0.15, 0.2) is 11.2 Å². The Kier molecular flexibility index (Phi) is 6.61. The van der Waals surface area contributed by atoms with Crippen molar-refractivity contribution < 1.29 is 14.6 Å². The molecule has 2 aromatic heterocycles. The molecule has 8 nitrogen and oxygen atoms in total. The van der Waals surface area contributed by atoms with Crippen LogP contribution < -0.4 is 10.1 Å². The van der Waals surface area contributed by atoms with Crippen molar-refractivity contribution >= 4 is 23.1 Å². The third kappa shape index (κ3) is 5.42. The van der Waals surface area contributed by atoms with E-state index in [4.69, 9.17) is 4.74 Å². The minimum atomic E-state index is -0.975. The zero-order chi connectivity index (χ0) is 24.2. The van der Waals surface area contributed by atoms with Crippen LogP contribution in [-0.4, -0.2) is 30.6 Å². The van der Waals surface area contributed by atoms with E-state index >= 15 is 0 Å². The summed E-state index contributed by atoms with van der Waals surface area (Å²) in [6.45, 7) is 2.29. The summed E-state index contributed by atoms with van der Waals surface area (Å²) in [5, 5.41) is 12.5. The molecule has 1 aliphatic carbocycles. The number of carboxylic acids is 1. The molecule has 1 saturated carbocycles. The van der Waals surface area contributed by atoms with E-state index in [0.29, 0.717) is 35.3 Å². The number of hydrogen-bond acceptors (Lipinski definition) is 6.